The van der Waals surface area contributed by atoms with Crippen LogP contribution in [-0.2, 0) is 4.74 Å². The molecule has 0 aromatic carbocycles. The van der Waals surface area contributed by atoms with Crippen LogP contribution < -0.4 is 5.73 Å². The lowest BCUT2D eigenvalue weighted by atomic mass is 10.2. The Labute approximate surface area is 70.5 Å². The second-order valence-electron chi connectivity index (χ2n) is 2.14. The molecule has 1 aromatic heterocycles. The summed E-state index contributed by atoms with van der Waals surface area (Å²) in [5.41, 5.74) is 6.31. The molecule has 0 aliphatic rings. The van der Waals surface area contributed by atoms with Crippen LogP contribution in [0, 0.1) is 0 Å². The first-order valence-corrected chi connectivity index (χ1v) is 3.62. The summed E-state index contributed by atoms with van der Waals surface area (Å²) in [5.74, 6) is 0. The number of aromatic amines is 1. The van der Waals surface area contributed by atoms with Crippen molar-refractivity contribution >= 4 is 17.2 Å². The topological polar surface area (TPSA) is 51.0 Å². The van der Waals surface area contributed by atoms with Crippen LogP contribution >= 0.6 is 12.2 Å². The molecule has 1 rings (SSSR count). The quantitative estimate of drug-likeness (QED) is 0.665. The van der Waals surface area contributed by atoms with E-state index >= 15 is 0 Å². The molecule has 1 aromatic rings. The zero-order valence-electron chi connectivity index (χ0n) is 6.20. The Kier molecular flexibility index (Phi) is 2.62. The lowest BCUT2D eigenvalue weighted by molar-refractivity contribution is 0.156. The Morgan fingerprint density at radius 2 is 2.55 bits per heavy atom. The Morgan fingerprint density at radius 1 is 1.82 bits per heavy atom. The number of nitrogens with two attached hydrogens (primary N) is 1. The van der Waals surface area contributed by atoms with E-state index in [1.54, 1.807) is 13.3 Å². The number of methoxy groups -OCH3 is 1. The maximum atomic E-state index is 5.42. The lowest BCUT2D eigenvalue weighted by Crippen LogP contribution is -2.20. The highest BCUT2D eigenvalue weighted by molar-refractivity contribution is 7.80. The zero-order chi connectivity index (χ0) is 8.27. The molecule has 1 atom stereocenters. The van der Waals surface area contributed by atoms with Gasteiger partial charge in [0.05, 0.1) is 5.69 Å². The van der Waals surface area contributed by atoms with E-state index in [1.165, 1.54) is 0 Å². The predicted molar refractivity (Wildman–Crippen MR) is 47.3 cm³/mol. The van der Waals surface area contributed by atoms with Gasteiger partial charge in [0, 0.05) is 13.3 Å². The third-order valence-corrected chi connectivity index (χ3v) is 1.61. The Morgan fingerprint density at radius 3 is 2.91 bits per heavy atom. The molecule has 0 spiro atoms. The maximum absolute atomic E-state index is 5.42. The summed E-state index contributed by atoms with van der Waals surface area (Å²) >= 11 is 4.80. The fourth-order valence-corrected chi connectivity index (χ4v) is 1.13. The number of hydrogen-bond donors (Lipinski definition) is 2. The number of ether oxygens (including phenoxy) is 1. The van der Waals surface area contributed by atoms with E-state index in [1.807, 2.05) is 12.1 Å². The first kappa shape index (κ1) is 8.23. The molecule has 0 bridgehead atoms. The van der Waals surface area contributed by atoms with Crippen molar-refractivity contribution in [1.82, 2.24) is 4.98 Å². The molecule has 1 heterocycles. The van der Waals surface area contributed by atoms with E-state index < -0.39 is 0 Å². The summed E-state index contributed by atoms with van der Waals surface area (Å²) in [6.07, 6.45) is 1.51. The first-order chi connectivity index (χ1) is 5.25. The summed E-state index contributed by atoms with van der Waals surface area (Å²) in [6.45, 7) is 0. The third kappa shape index (κ3) is 1.78. The molecule has 0 saturated carbocycles. The number of thiocarbonyl (C=S) groups is 1. The zero-order valence-corrected chi connectivity index (χ0v) is 7.02. The van der Waals surface area contributed by atoms with Crippen LogP contribution in [0.15, 0.2) is 18.3 Å². The summed E-state index contributed by atoms with van der Waals surface area (Å²) in [7, 11) is 1.57. The molecule has 0 aliphatic heterocycles. The molecule has 60 valence electrons. The van der Waals surface area contributed by atoms with Crippen molar-refractivity contribution in [2.45, 2.75) is 6.10 Å². The van der Waals surface area contributed by atoms with Gasteiger partial charge in [-0.3, -0.25) is 0 Å². The van der Waals surface area contributed by atoms with E-state index in [0.29, 0.717) is 4.99 Å². The van der Waals surface area contributed by atoms with Crippen LogP contribution in [0.2, 0.25) is 0 Å². The largest absolute Gasteiger partial charge is 0.391 e. The number of H-pyrrole nitrogens is 1. The van der Waals surface area contributed by atoms with Gasteiger partial charge >= 0.3 is 0 Å². The Balaban J connectivity index is 2.79. The van der Waals surface area contributed by atoms with Gasteiger partial charge < -0.3 is 15.5 Å². The van der Waals surface area contributed by atoms with Gasteiger partial charge in [-0.2, -0.15) is 0 Å². The second-order valence-corrected chi connectivity index (χ2v) is 2.61. The van der Waals surface area contributed by atoms with E-state index in [2.05, 4.69) is 4.98 Å². The third-order valence-electron chi connectivity index (χ3n) is 1.40. The van der Waals surface area contributed by atoms with Gasteiger partial charge in [0.2, 0.25) is 0 Å². The molecule has 11 heavy (non-hydrogen) atoms. The smallest absolute Gasteiger partial charge is 0.146 e. The molecule has 0 fully saturated rings. The van der Waals surface area contributed by atoms with Crippen molar-refractivity contribution < 1.29 is 4.74 Å². The van der Waals surface area contributed by atoms with Gasteiger partial charge in [-0.15, -0.1) is 0 Å². The molecule has 0 amide bonds. The minimum Gasteiger partial charge on any atom is -0.391 e. The minimum atomic E-state index is -0.292. The highest BCUT2D eigenvalue weighted by Crippen LogP contribution is 2.13. The average molecular weight is 170 g/mol. The van der Waals surface area contributed by atoms with E-state index in [-0.39, 0.29) is 6.10 Å². The van der Waals surface area contributed by atoms with Crippen molar-refractivity contribution in [3.8, 4) is 0 Å². The molecular weight excluding hydrogens is 160 g/mol. The van der Waals surface area contributed by atoms with Gasteiger partial charge in [0.15, 0.2) is 0 Å². The fraction of sp³-hybridized carbons (Fsp3) is 0.286. The maximum Gasteiger partial charge on any atom is 0.146 e. The number of rotatable bonds is 3. The number of nitrogens with one attached hydrogen (secondary N) is 1. The Hall–Kier alpha value is -0.870. The van der Waals surface area contributed by atoms with Gasteiger partial charge in [0.25, 0.3) is 0 Å². The molecule has 3 nitrogen and oxygen atoms in total. The summed E-state index contributed by atoms with van der Waals surface area (Å²) in [6, 6.07) is 3.76. The molecular formula is C7H10N2OS. The van der Waals surface area contributed by atoms with Crippen molar-refractivity contribution in [1.29, 1.82) is 0 Å². The summed E-state index contributed by atoms with van der Waals surface area (Å²) in [5, 5.41) is 0. The van der Waals surface area contributed by atoms with Crippen LogP contribution in [-0.4, -0.2) is 17.1 Å². The molecule has 3 N–H and O–H groups in total. The van der Waals surface area contributed by atoms with Gasteiger partial charge in [-0.1, -0.05) is 12.2 Å². The Bertz CT molecular complexity index is 233. The summed E-state index contributed by atoms with van der Waals surface area (Å²) < 4.78 is 5.06. The van der Waals surface area contributed by atoms with E-state index in [9.17, 15) is 0 Å². The molecule has 4 heteroatoms. The minimum absolute atomic E-state index is 0.292. The molecule has 0 radical (unpaired) electrons. The van der Waals surface area contributed by atoms with E-state index in [0.717, 1.165) is 5.69 Å². The molecule has 0 saturated heterocycles. The molecule has 1 unspecified atom stereocenters. The van der Waals surface area contributed by atoms with Crippen molar-refractivity contribution in [2.75, 3.05) is 7.11 Å². The van der Waals surface area contributed by atoms with Crippen molar-refractivity contribution in [3.63, 3.8) is 0 Å². The van der Waals surface area contributed by atoms with Crippen LogP contribution in [0.25, 0.3) is 0 Å². The van der Waals surface area contributed by atoms with E-state index in [4.69, 9.17) is 22.7 Å². The van der Waals surface area contributed by atoms with Crippen LogP contribution in [0.1, 0.15) is 11.8 Å². The highest BCUT2D eigenvalue weighted by Gasteiger charge is 2.12. The fourth-order valence-electron chi connectivity index (χ4n) is 0.904. The number of aromatic nitrogens is 1. The summed E-state index contributed by atoms with van der Waals surface area (Å²) in [4.78, 5) is 3.32. The first-order valence-electron chi connectivity index (χ1n) is 3.21. The van der Waals surface area contributed by atoms with Crippen LogP contribution in [0.4, 0.5) is 0 Å². The van der Waals surface area contributed by atoms with Gasteiger partial charge in [0.1, 0.15) is 11.1 Å². The van der Waals surface area contributed by atoms with Gasteiger partial charge in [-0.05, 0) is 12.1 Å². The van der Waals surface area contributed by atoms with Crippen molar-refractivity contribution in [3.05, 3.63) is 24.0 Å². The predicted octanol–water partition coefficient (Wildman–Crippen LogP) is 0.988. The lowest BCUT2D eigenvalue weighted by Gasteiger charge is -2.10. The van der Waals surface area contributed by atoms with Crippen molar-refractivity contribution in [2.24, 2.45) is 5.73 Å². The SMILES string of the molecule is COC(C(N)=S)c1ccc[nH]1. The standard InChI is InChI=1S/C7H10N2OS/c1-10-6(7(8)11)5-3-2-4-9-5/h2-4,6,9H,1H3,(H2,8,11). The number of hydrogen-bond acceptors (Lipinski definition) is 2. The highest BCUT2D eigenvalue weighted by atomic mass is 32.1. The van der Waals surface area contributed by atoms with Gasteiger partial charge in [-0.25, -0.2) is 0 Å². The normalized spacial score (nSPS) is 12.8. The second kappa shape index (κ2) is 3.50. The molecule has 0 aliphatic carbocycles. The van der Waals surface area contributed by atoms with Crippen LogP contribution in [0.5, 0.6) is 0 Å². The average Bonchev–Trinajstić information content (AvgIpc) is 2.40. The monoisotopic (exact) mass is 170 g/mol. The van der Waals surface area contributed by atoms with Crippen LogP contribution in [0.3, 0.4) is 0 Å².